The number of hydrogen-bond donors (Lipinski definition) is 2. The van der Waals surface area contributed by atoms with Crippen molar-refractivity contribution in [1.29, 1.82) is 0 Å². The third-order valence-electron chi connectivity index (χ3n) is 3.07. The zero-order valence-electron chi connectivity index (χ0n) is 10.6. The average Bonchev–Trinajstić information content (AvgIpc) is 2.93. The molecule has 0 saturated carbocycles. The van der Waals surface area contributed by atoms with Gasteiger partial charge in [0, 0.05) is 22.5 Å². The monoisotopic (exact) mass is 285 g/mol. The van der Waals surface area contributed by atoms with E-state index in [4.69, 9.17) is 11.6 Å². The van der Waals surface area contributed by atoms with Crippen LogP contribution in [0.25, 0.3) is 10.9 Å². The molecule has 0 spiro atoms. The van der Waals surface area contributed by atoms with Crippen LogP contribution in [0.4, 0.5) is 0 Å². The summed E-state index contributed by atoms with van der Waals surface area (Å²) in [5.74, 6) is -0.114. The van der Waals surface area contributed by atoms with Crippen LogP contribution in [0.3, 0.4) is 0 Å². The summed E-state index contributed by atoms with van der Waals surface area (Å²) < 4.78 is 0. The number of amides is 1. The highest BCUT2D eigenvalue weighted by Crippen LogP contribution is 2.13. The normalized spacial score (nSPS) is 10.7. The quantitative estimate of drug-likeness (QED) is 0.777. The maximum Gasteiger partial charge on any atom is 0.251 e. The van der Waals surface area contributed by atoms with Crippen LogP contribution in [0.15, 0.2) is 48.7 Å². The van der Waals surface area contributed by atoms with Gasteiger partial charge >= 0.3 is 0 Å². The number of nitrogens with zero attached hydrogens (tertiary/aromatic N) is 1. The first-order chi connectivity index (χ1) is 9.72. The molecule has 1 amide bonds. The number of aromatic nitrogens is 2. The molecule has 3 aromatic rings. The molecule has 0 aliphatic rings. The van der Waals surface area contributed by atoms with Crippen molar-refractivity contribution in [2.24, 2.45) is 0 Å². The first-order valence-electron chi connectivity index (χ1n) is 6.18. The SMILES string of the molecule is O=C(NCc1ccc(Cl)cc1)c1ccc2cn[nH]c2c1. The number of aromatic amines is 1. The van der Waals surface area contributed by atoms with Crippen molar-refractivity contribution >= 4 is 28.4 Å². The van der Waals surface area contributed by atoms with E-state index in [1.165, 1.54) is 0 Å². The van der Waals surface area contributed by atoms with Crippen LogP contribution >= 0.6 is 11.6 Å². The molecule has 0 saturated heterocycles. The molecule has 0 unspecified atom stereocenters. The summed E-state index contributed by atoms with van der Waals surface area (Å²) >= 11 is 5.82. The van der Waals surface area contributed by atoms with Crippen molar-refractivity contribution in [2.75, 3.05) is 0 Å². The smallest absolute Gasteiger partial charge is 0.251 e. The fraction of sp³-hybridized carbons (Fsp3) is 0.0667. The molecule has 4 nitrogen and oxygen atoms in total. The van der Waals surface area contributed by atoms with Gasteiger partial charge in [0.25, 0.3) is 5.91 Å². The molecule has 0 bridgehead atoms. The van der Waals surface area contributed by atoms with Gasteiger partial charge in [0.2, 0.25) is 0 Å². The molecular formula is C15H12ClN3O. The largest absolute Gasteiger partial charge is 0.348 e. The van der Waals surface area contributed by atoms with Crippen LogP contribution in [-0.4, -0.2) is 16.1 Å². The van der Waals surface area contributed by atoms with Crippen molar-refractivity contribution in [3.05, 3.63) is 64.8 Å². The molecule has 0 radical (unpaired) electrons. The number of hydrogen-bond acceptors (Lipinski definition) is 2. The summed E-state index contributed by atoms with van der Waals surface area (Å²) in [6.45, 7) is 0.469. The standard InChI is InChI=1S/C15H12ClN3O/c16-13-5-1-10(2-6-13)8-17-15(20)11-3-4-12-9-18-19-14(12)7-11/h1-7,9H,8H2,(H,17,20)(H,18,19). The van der Waals surface area contributed by atoms with Gasteiger partial charge in [-0.05, 0) is 29.8 Å². The molecule has 0 aliphatic heterocycles. The van der Waals surface area contributed by atoms with E-state index < -0.39 is 0 Å². The van der Waals surface area contributed by atoms with Gasteiger partial charge < -0.3 is 5.32 Å². The number of fused-ring (bicyclic) bond motifs is 1. The Hall–Kier alpha value is -2.33. The summed E-state index contributed by atoms with van der Waals surface area (Å²) in [6.07, 6.45) is 1.73. The lowest BCUT2D eigenvalue weighted by atomic mass is 10.1. The summed E-state index contributed by atoms with van der Waals surface area (Å²) in [6, 6.07) is 12.8. The third kappa shape index (κ3) is 2.65. The van der Waals surface area contributed by atoms with E-state index in [0.717, 1.165) is 16.5 Å². The molecule has 1 heterocycles. The Bertz CT molecular complexity index is 749. The second-order valence-corrected chi connectivity index (χ2v) is 4.92. The Labute approximate surface area is 120 Å². The van der Waals surface area contributed by atoms with E-state index in [1.54, 1.807) is 30.5 Å². The fourth-order valence-corrected chi connectivity index (χ4v) is 2.09. The average molecular weight is 286 g/mol. The second kappa shape index (κ2) is 5.35. The molecule has 100 valence electrons. The molecule has 0 atom stereocenters. The summed E-state index contributed by atoms with van der Waals surface area (Å²) in [7, 11) is 0. The van der Waals surface area contributed by atoms with Gasteiger partial charge in [-0.15, -0.1) is 0 Å². The molecule has 5 heteroatoms. The molecule has 1 aromatic heterocycles. The Morgan fingerprint density at radius 2 is 2.00 bits per heavy atom. The predicted molar refractivity (Wildman–Crippen MR) is 78.7 cm³/mol. The fourth-order valence-electron chi connectivity index (χ4n) is 1.96. The minimum absolute atomic E-state index is 0.114. The maximum atomic E-state index is 12.1. The molecule has 3 rings (SSSR count). The van der Waals surface area contributed by atoms with Gasteiger partial charge in [0.1, 0.15) is 0 Å². The van der Waals surface area contributed by atoms with Crippen LogP contribution < -0.4 is 5.32 Å². The first kappa shape index (κ1) is 12.7. The lowest BCUT2D eigenvalue weighted by molar-refractivity contribution is 0.0951. The van der Waals surface area contributed by atoms with E-state index in [9.17, 15) is 4.79 Å². The van der Waals surface area contributed by atoms with Crippen LogP contribution in [0.5, 0.6) is 0 Å². The zero-order valence-corrected chi connectivity index (χ0v) is 11.3. The Morgan fingerprint density at radius 3 is 2.80 bits per heavy atom. The minimum Gasteiger partial charge on any atom is -0.348 e. The van der Waals surface area contributed by atoms with Crippen molar-refractivity contribution in [2.45, 2.75) is 6.54 Å². The van der Waals surface area contributed by atoms with E-state index in [1.807, 2.05) is 18.2 Å². The number of H-pyrrole nitrogens is 1. The Kier molecular flexibility index (Phi) is 3.39. The van der Waals surface area contributed by atoms with Crippen molar-refractivity contribution in [1.82, 2.24) is 15.5 Å². The van der Waals surface area contributed by atoms with Crippen LogP contribution in [0, 0.1) is 0 Å². The molecule has 2 aromatic carbocycles. The van der Waals surface area contributed by atoms with E-state index in [-0.39, 0.29) is 5.91 Å². The first-order valence-corrected chi connectivity index (χ1v) is 6.56. The molecular weight excluding hydrogens is 274 g/mol. The highest BCUT2D eigenvalue weighted by Gasteiger charge is 2.06. The van der Waals surface area contributed by atoms with Crippen molar-refractivity contribution < 1.29 is 4.79 Å². The lowest BCUT2D eigenvalue weighted by Crippen LogP contribution is -2.22. The van der Waals surface area contributed by atoms with Gasteiger partial charge in [-0.25, -0.2) is 0 Å². The zero-order chi connectivity index (χ0) is 13.9. The number of halogens is 1. The molecule has 2 N–H and O–H groups in total. The van der Waals surface area contributed by atoms with E-state index in [2.05, 4.69) is 15.5 Å². The van der Waals surface area contributed by atoms with Gasteiger partial charge in [0.15, 0.2) is 0 Å². The highest BCUT2D eigenvalue weighted by molar-refractivity contribution is 6.30. The van der Waals surface area contributed by atoms with Crippen molar-refractivity contribution in [3.63, 3.8) is 0 Å². The van der Waals surface area contributed by atoms with Gasteiger partial charge in [0.05, 0.1) is 11.7 Å². The number of carbonyl (C=O) groups is 1. The number of nitrogens with one attached hydrogen (secondary N) is 2. The molecule has 20 heavy (non-hydrogen) atoms. The summed E-state index contributed by atoms with van der Waals surface area (Å²) in [4.78, 5) is 12.1. The number of rotatable bonds is 3. The van der Waals surface area contributed by atoms with Crippen LogP contribution in [-0.2, 0) is 6.54 Å². The number of benzene rings is 2. The Morgan fingerprint density at radius 1 is 1.20 bits per heavy atom. The maximum absolute atomic E-state index is 12.1. The molecule has 0 aliphatic carbocycles. The Balaban J connectivity index is 1.70. The van der Waals surface area contributed by atoms with Gasteiger partial charge in [-0.1, -0.05) is 29.8 Å². The third-order valence-corrected chi connectivity index (χ3v) is 3.32. The van der Waals surface area contributed by atoms with E-state index in [0.29, 0.717) is 17.1 Å². The summed E-state index contributed by atoms with van der Waals surface area (Å²) in [5.41, 5.74) is 2.46. The van der Waals surface area contributed by atoms with Gasteiger partial charge in [-0.3, -0.25) is 9.89 Å². The van der Waals surface area contributed by atoms with Gasteiger partial charge in [-0.2, -0.15) is 5.10 Å². The second-order valence-electron chi connectivity index (χ2n) is 4.48. The highest BCUT2D eigenvalue weighted by atomic mass is 35.5. The predicted octanol–water partition coefficient (Wildman–Crippen LogP) is 3.15. The topological polar surface area (TPSA) is 57.8 Å². The van der Waals surface area contributed by atoms with Crippen LogP contribution in [0.2, 0.25) is 5.02 Å². The number of carbonyl (C=O) groups excluding carboxylic acids is 1. The lowest BCUT2D eigenvalue weighted by Gasteiger charge is -2.05. The summed E-state index contributed by atoms with van der Waals surface area (Å²) in [5, 5.41) is 11.3. The molecule has 0 fully saturated rings. The van der Waals surface area contributed by atoms with E-state index >= 15 is 0 Å². The minimum atomic E-state index is -0.114. The van der Waals surface area contributed by atoms with Crippen molar-refractivity contribution in [3.8, 4) is 0 Å². The van der Waals surface area contributed by atoms with Crippen LogP contribution in [0.1, 0.15) is 15.9 Å².